The second-order valence-electron chi connectivity index (χ2n) is 11.7. The molecule has 0 spiro atoms. The summed E-state index contributed by atoms with van der Waals surface area (Å²) in [5, 5.41) is 7.22. The summed E-state index contributed by atoms with van der Waals surface area (Å²) in [6.07, 6.45) is 6.85. The van der Waals surface area contributed by atoms with E-state index in [1.54, 1.807) is 7.11 Å². The zero-order valence-electron chi connectivity index (χ0n) is 23.7. The fourth-order valence-corrected chi connectivity index (χ4v) is 6.36. The summed E-state index contributed by atoms with van der Waals surface area (Å²) in [5.41, 5.74) is 5.76. The quantitative estimate of drug-likeness (QED) is 0.333. The van der Waals surface area contributed by atoms with Crippen molar-refractivity contribution in [2.75, 3.05) is 17.3 Å². The molecule has 8 heteroatoms. The topological polar surface area (TPSA) is 71.4 Å². The third-order valence-electron chi connectivity index (χ3n) is 8.02. The maximum atomic E-state index is 12.7. The first-order chi connectivity index (χ1) is 18.6. The van der Waals surface area contributed by atoms with Crippen molar-refractivity contribution in [3.63, 3.8) is 0 Å². The van der Waals surface area contributed by atoms with Gasteiger partial charge in [-0.2, -0.15) is 0 Å². The summed E-state index contributed by atoms with van der Waals surface area (Å²) in [6.45, 7) is 10.1. The number of ether oxygens (including phenoxy) is 1. The van der Waals surface area contributed by atoms with Crippen LogP contribution in [0.5, 0.6) is 5.75 Å². The molecule has 1 saturated heterocycles. The molecule has 2 fully saturated rings. The molecule has 39 heavy (non-hydrogen) atoms. The summed E-state index contributed by atoms with van der Waals surface area (Å²) in [6, 6.07) is 14.5. The maximum Gasteiger partial charge on any atom is 0.229 e. The molecule has 1 aliphatic heterocycles. The van der Waals surface area contributed by atoms with Gasteiger partial charge in [-0.15, -0.1) is 0 Å². The van der Waals surface area contributed by atoms with Gasteiger partial charge < -0.3 is 24.8 Å². The molecule has 0 unspecified atom stereocenters. The van der Waals surface area contributed by atoms with E-state index < -0.39 is 5.41 Å². The van der Waals surface area contributed by atoms with Crippen LogP contribution in [0.15, 0.2) is 48.7 Å². The van der Waals surface area contributed by atoms with Crippen molar-refractivity contribution in [2.24, 2.45) is 5.41 Å². The summed E-state index contributed by atoms with van der Waals surface area (Å²) < 4.78 is 8.27. The summed E-state index contributed by atoms with van der Waals surface area (Å²) in [4.78, 5) is 19.6. The molecule has 2 N–H and O–H groups in total. The molecule has 5 rings (SSSR count). The van der Waals surface area contributed by atoms with Crippen molar-refractivity contribution in [3.8, 4) is 5.75 Å². The SMILES string of the molecule is COc1cc(N2C(=S)N[C@H](c3ccccn3)[C@H]2c2cc(C)n(C3CCCC3)c2C)ccc1NC(=O)C(C)(C)C. The number of nitrogens with zero attached hydrogens (tertiary/aromatic N) is 3. The van der Waals surface area contributed by atoms with Crippen LogP contribution in [0.3, 0.4) is 0 Å². The Kier molecular flexibility index (Phi) is 7.42. The number of nitrogens with one attached hydrogen (secondary N) is 2. The molecule has 1 amide bonds. The van der Waals surface area contributed by atoms with Crippen LogP contribution in [-0.4, -0.2) is 27.7 Å². The van der Waals surface area contributed by atoms with E-state index in [0.29, 0.717) is 22.6 Å². The van der Waals surface area contributed by atoms with Crippen molar-refractivity contribution < 1.29 is 9.53 Å². The Balaban J connectivity index is 1.59. The highest BCUT2D eigenvalue weighted by Crippen LogP contribution is 2.46. The van der Waals surface area contributed by atoms with Crippen LogP contribution in [0, 0.1) is 19.3 Å². The van der Waals surface area contributed by atoms with Crippen LogP contribution < -0.4 is 20.3 Å². The Bertz CT molecular complexity index is 1370. The normalized spacial score (nSPS) is 19.8. The zero-order chi connectivity index (χ0) is 27.9. The van der Waals surface area contributed by atoms with E-state index in [0.717, 1.165) is 11.4 Å². The number of aryl methyl sites for hydroxylation is 1. The van der Waals surface area contributed by atoms with Gasteiger partial charge in [-0.1, -0.05) is 39.7 Å². The zero-order valence-corrected chi connectivity index (χ0v) is 24.6. The number of hydrogen-bond acceptors (Lipinski definition) is 4. The minimum atomic E-state index is -0.521. The molecule has 2 aromatic heterocycles. The number of carbonyl (C=O) groups is 1. The number of amides is 1. The maximum absolute atomic E-state index is 12.7. The predicted molar refractivity (Wildman–Crippen MR) is 160 cm³/mol. The summed E-state index contributed by atoms with van der Waals surface area (Å²) >= 11 is 5.97. The largest absolute Gasteiger partial charge is 0.494 e. The molecule has 7 nitrogen and oxygen atoms in total. The van der Waals surface area contributed by atoms with E-state index in [1.807, 2.05) is 57.3 Å². The van der Waals surface area contributed by atoms with Gasteiger partial charge in [0.2, 0.25) is 5.91 Å². The number of methoxy groups -OCH3 is 1. The van der Waals surface area contributed by atoms with Crippen molar-refractivity contribution in [1.29, 1.82) is 0 Å². The van der Waals surface area contributed by atoms with Gasteiger partial charge >= 0.3 is 0 Å². The van der Waals surface area contributed by atoms with Crippen molar-refractivity contribution >= 4 is 34.6 Å². The minimum Gasteiger partial charge on any atom is -0.494 e. The molecular formula is C31H39N5O2S. The van der Waals surface area contributed by atoms with Crippen LogP contribution in [0.1, 0.15) is 87.2 Å². The lowest BCUT2D eigenvalue weighted by molar-refractivity contribution is -0.123. The average molecular weight is 546 g/mol. The molecule has 1 aliphatic carbocycles. The second-order valence-corrected chi connectivity index (χ2v) is 12.1. The second kappa shape index (κ2) is 10.6. The van der Waals surface area contributed by atoms with Crippen molar-refractivity contribution in [2.45, 2.75) is 78.4 Å². The van der Waals surface area contributed by atoms with Crippen LogP contribution in [0.2, 0.25) is 0 Å². The smallest absolute Gasteiger partial charge is 0.229 e. The van der Waals surface area contributed by atoms with E-state index in [9.17, 15) is 4.79 Å². The monoisotopic (exact) mass is 545 g/mol. The molecule has 0 radical (unpaired) electrons. The fourth-order valence-electron chi connectivity index (χ4n) is 6.02. The summed E-state index contributed by atoms with van der Waals surface area (Å²) in [7, 11) is 1.62. The van der Waals surface area contributed by atoms with Gasteiger partial charge in [0.15, 0.2) is 5.11 Å². The van der Waals surface area contributed by atoms with Gasteiger partial charge in [-0.3, -0.25) is 9.78 Å². The van der Waals surface area contributed by atoms with E-state index in [1.165, 1.54) is 42.6 Å². The highest BCUT2D eigenvalue weighted by atomic mass is 32.1. The Morgan fingerprint density at radius 2 is 1.87 bits per heavy atom. The van der Waals surface area contributed by atoms with Gasteiger partial charge in [-0.25, -0.2) is 0 Å². The van der Waals surface area contributed by atoms with E-state index in [2.05, 4.69) is 46.1 Å². The number of aromatic nitrogens is 2. The van der Waals surface area contributed by atoms with Crippen LogP contribution in [0.4, 0.5) is 11.4 Å². The number of anilines is 2. The van der Waals surface area contributed by atoms with Crippen LogP contribution >= 0.6 is 12.2 Å². The average Bonchev–Trinajstić information content (AvgIpc) is 3.62. The Hall–Kier alpha value is -3.39. The van der Waals surface area contributed by atoms with Gasteiger partial charge in [0.05, 0.1) is 30.6 Å². The van der Waals surface area contributed by atoms with Gasteiger partial charge in [0.25, 0.3) is 0 Å². The van der Waals surface area contributed by atoms with Gasteiger partial charge in [-0.05, 0) is 74.8 Å². The highest BCUT2D eigenvalue weighted by Gasteiger charge is 2.43. The number of rotatable bonds is 6. The number of pyridine rings is 1. The molecule has 1 aromatic carbocycles. The highest BCUT2D eigenvalue weighted by molar-refractivity contribution is 7.80. The number of thiocarbonyl (C=S) groups is 1. The molecule has 2 aliphatic rings. The molecule has 206 valence electrons. The number of carbonyl (C=O) groups excluding carboxylic acids is 1. The first-order valence-electron chi connectivity index (χ1n) is 13.8. The molecule has 1 saturated carbocycles. The molecule has 2 atom stereocenters. The molecule has 0 bridgehead atoms. The van der Waals surface area contributed by atoms with E-state index in [4.69, 9.17) is 21.9 Å². The minimum absolute atomic E-state index is 0.0700. The standard InChI is InChI=1S/C31H39N5O2S/c1-19-17-23(20(2)35(19)21-11-7-8-12-21)28-27(25-13-9-10-16-32-25)34-30(39)36(28)22-14-15-24(26(18-22)38-6)33-29(37)31(3,4)5/h9-10,13-18,21,27-28H,7-8,11-12H2,1-6H3,(H,33,37)(H,34,39)/t27-,28-/m1/s1. The lowest BCUT2D eigenvalue weighted by atomic mass is 9.95. The molecule has 3 aromatic rings. The lowest BCUT2D eigenvalue weighted by Crippen LogP contribution is -2.30. The van der Waals surface area contributed by atoms with Gasteiger partial charge in [0, 0.05) is 40.8 Å². The first-order valence-corrected chi connectivity index (χ1v) is 14.2. The predicted octanol–water partition coefficient (Wildman–Crippen LogP) is 6.79. The van der Waals surface area contributed by atoms with Gasteiger partial charge in [0.1, 0.15) is 5.75 Å². The number of hydrogen-bond donors (Lipinski definition) is 2. The van der Waals surface area contributed by atoms with Crippen molar-refractivity contribution in [3.05, 3.63) is 71.3 Å². The Labute approximate surface area is 237 Å². The van der Waals surface area contributed by atoms with Crippen LogP contribution in [-0.2, 0) is 4.79 Å². The van der Waals surface area contributed by atoms with Crippen LogP contribution in [0.25, 0.3) is 0 Å². The number of benzene rings is 1. The fraction of sp³-hybridized carbons (Fsp3) is 0.452. The summed E-state index contributed by atoms with van der Waals surface area (Å²) in [5.74, 6) is 0.517. The molecular weight excluding hydrogens is 506 g/mol. The molecule has 3 heterocycles. The van der Waals surface area contributed by atoms with E-state index in [-0.39, 0.29) is 18.0 Å². The Morgan fingerprint density at radius 1 is 1.13 bits per heavy atom. The lowest BCUT2D eigenvalue weighted by Gasteiger charge is -2.29. The first kappa shape index (κ1) is 27.2. The third-order valence-corrected chi connectivity index (χ3v) is 8.34. The third kappa shape index (κ3) is 5.14. The van der Waals surface area contributed by atoms with E-state index >= 15 is 0 Å². The van der Waals surface area contributed by atoms with Crippen molar-refractivity contribution in [1.82, 2.24) is 14.9 Å². The Morgan fingerprint density at radius 3 is 2.51 bits per heavy atom.